The van der Waals surface area contributed by atoms with Crippen molar-refractivity contribution in [2.45, 2.75) is 25.4 Å². The van der Waals surface area contributed by atoms with Crippen LogP contribution in [0.5, 0.6) is 11.5 Å². The van der Waals surface area contributed by atoms with Gasteiger partial charge in [0, 0.05) is 13.0 Å². The summed E-state index contributed by atoms with van der Waals surface area (Å²) in [5.74, 6) is 1.28. The summed E-state index contributed by atoms with van der Waals surface area (Å²) in [6, 6.07) is 5.25. The molecular formula is C14H18O4. The van der Waals surface area contributed by atoms with E-state index in [0.29, 0.717) is 23.5 Å². The van der Waals surface area contributed by atoms with Gasteiger partial charge < -0.3 is 14.2 Å². The molecule has 4 nitrogen and oxygen atoms in total. The average Bonchev–Trinajstić information content (AvgIpc) is 2.90. The van der Waals surface area contributed by atoms with Crippen LogP contribution >= 0.6 is 0 Å². The maximum absolute atomic E-state index is 12.2. The van der Waals surface area contributed by atoms with Crippen molar-refractivity contribution in [2.24, 2.45) is 0 Å². The molecule has 1 aliphatic heterocycles. The van der Waals surface area contributed by atoms with Crippen molar-refractivity contribution in [1.82, 2.24) is 0 Å². The molecule has 1 aromatic rings. The lowest BCUT2D eigenvalue weighted by molar-refractivity contribution is 0.0773. The molecule has 0 spiro atoms. The highest BCUT2D eigenvalue weighted by atomic mass is 16.5. The summed E-state index contributed by atoms with van der Waals surface area (Å²) in [5.41, 5.74) is 0.562. The lowest BCUT2D eigenvalue weighted by Gasteiger charge is -2.12. The molecule has 0 aliphatic carbocycles. The third-order valence-electron chi connectivity index (χ3n) is 3.14. The number of methoxy groups -OCH3 is 2. The van der Waals surface area contributed by atoms with E-state index in [1.54, 1.807) is 32.4 Å². The van der Waals surface area contributed by atoms with E-state index in [9.17, 15) is 4.79 Å². The Bertz CT molecular complexity index is 422. The third kappa shape index (κ3) is 2.82. The van der Waals surface area contributed by atoms with E-state index >= 15 is 0 Å². The highest BCUT2D eigenvalue weighted by molar-refractivity contribution is 5.99. The number of hydrogen-bond acceptors (Lipinski definition) is 4. The fourth-order valence-electron chi connectivity index (χ4n) is 2.15. The number of ketones is 1. The fraction of sp³-hybridized carbons (Fsp3) is 0.500. The maximum Gasteiger partial charge on any atom is 0.169 e. The van der Waals surface area contributed by atoms with Gasteiger partial charge in [-0.25, -0.2) is 0 Å². The number of ether oxygens (including phenoxy) is 3. The number of benzene rings is 1. The highest BCUT2D eigenvalue weighted by Gasteiger charge is 2.22. The van der Waals surface area contributed by atoms with Crippen molar-refractivity contribution in [2.75, 3.05) is 20.8 Å². The Morgan fingerprint density at radius 3 is 2.83 bits per heavy atom. The van der Waals surface area contributed by atoms with Crippen LogP contribution in [0.25, 0.3) is 0 Å². The van der Waals surface area contributed by atoms with Crippen molar-refractivity contribution < 1.29 is 19.0 Å². The summed E-state index contributed by atoms with van der Waals surface area (Å²) in [6.45, 7) is 0.757. The van der Waals surface area contributed by atoms with Crippen molar-refractivity contribution in [3.05, 3.63) is 23.8 Å². The highest BCUT2D eigenvalue weighted by Crippen LogP contribution is 2.27. The van der Waals surface area contributed by atoms with Gasteiger partial charge >= 0.3 is 0 Å². The zero-order valence-electron chi connectivity index (χ0n) is 10.8. The predicted octanol–water partition coefficient (Wildman–Crippen LogP) is 2.46. The monoisotopic (exact) mass is 250 g/mol. The van der Waals surface area contributed by atoms with Gasteiger partial charge in [0.15, 0.2) is 5.78 Å². The Hall–Kier alpha value is -1.55. The summed E-state index contributed by atoms with van der Waals surface area (Å²) in [5, 5.41) is 0. The molecule has 4 heteroatoms. The molecule has 18 heavy (non-hydrogen) atoms. The summed E-state index contributed by atoms with van der Waals surface area (Å²) in [6.07, 6.45) is 2.45. The Labute approximate surface area is 107 Å². The maximum atomic E-state index is 12.2. The van der Waals surface area contributed by atoms with E-state index in [2.05, 4.69) is 0 Å². The van der Waals surface area contributed by atoms with Gasteiger partial charge in [-0.05, 0) is 31.0 Å². The molecule has 0 N–H and O–H groups in total. The van der Waals surface area contributed by atoms with Gasteiger partial charge in [0.2, 0.25) is 0 Å². The molecule has 0 radical (unpaired) electrons. The second-order valence-electron chi connectivity index (χ2n) is 4.33. The number of hydrogen-bond donors (Lipinski definition) is 0. The van der Waals surface area contributed by atoms with Gasteiger partial charge in [0.1, 0.15) is 11.5 Å². The fourth-order valence-corrected chi connectivity index (χ4v) is 2.15. The third-order valence-corrected chi connectivity index (χ3v) is 3.14. The lowest BCUT2D eigenvalue weighted by Crippen LogP contribution is -2.13. The van der Waals surface area contributed by atoms with Gasteiger partial charge in [0.25, 0.3) is 0 Å². The topological polar surface area (TPSA) is 44.8 Å². The summed E-state index contributed by atoms with van der Waals surface area (Å²) in [4.78, 5) is 12.2. The molecule has 0 bridgehead atoms. The number of Topliss-reactive ketones (excluding diaryl/α,β-unsaturated/α-hetero) is 1. The molecule has 1 aliphatic rings. The minimum Gasteiger partial charge on any atom is -0.497 e. The molecule has 1 aromatic carbocycles. The van der Waals surface area contributed by atoms with E-state index in [1.165, 1.54) is 0 Å². The predicted molar refractivity (Wildman–Crippen MR) is 67.5 cm³/mol. The van der Waals surface area contributed by atoms with E-state index in [1.807, 2.05) is 0 Å². The zero-order chi connectivity index (χ0) is 13.0. The van der Waals surface area contributed by atoms with Gasteiger partial charge in [0.05, 0.1) is 25.9 Å². The Morgan fingerprint density at radius 2 is 2.22 bits per heavy atom. The van der Waals surface area contributed by atoms with Crippen LogP contribution in [-0.4, -0.2) is 32.7 Å². The first kappa shape index (κ1) is 12.9. The second-order valence-corrected chi connectivity index (χ2v) is 4.33. The molecule has 0 aromatic heterocycles. The summed E-state index contributed by atoms with van der Waals surface area (Å²) >= 11 is 0. The van der Waals surface area contributed by atoms with Crippen LogP contribution in [0.1, 0.15) is 29.6 Å². The smallest absolute Gasteiger partial charge is 0.169 e. The summed E-state index contributed by atoms with van der Waals surface area (Å²) < 4.78 is 15.8. The van der Waals surface area contributed by atoms with Crippen molar-refractivity contribution in [3.63, 3.8) is 0 Å². The van der Waals surface area contributed by atoms with Crippen molar-refractivity contribution >= 4 is 5.78 Å². The first-order valence-electron chi connectivity index (χ1n) is 6.11. The van der Waals surface area contributed by atoms with Gasteiger partial charge in [-0.1, -0.05) is 0 Å². The number of carbonyl (C=O) groups is 1. The van der Waals surface area contributed by atoms with Gasteiger partial charge in [-0.3, -0.25) is 4.79 Å². The normalized spacial score (nSPS) is 18.7. The van der Waals surface area contributed by atoms with Crippen LogP contribution in [-0.2, 0) is 4.74 Å². The molecular weight excluding hydrogens is 232 g/mol. The molecule has 0 saturated carbocycles. The first-order chi connectivity index (χ1) is 8.74. The molecule has 2 rings (SSSR count). The van der Waals surface area contributed by atoms with Crippen LogP contribution in [0.4, 0.5) is 0 Å². The second kappa shape index (κ2) is 5.87. The average molecular weight is 250 g/mol. The largest absolute Gasteiger partial charge is 0.497 e. The van der Waals surface area contributed by atoms with E-state index in [-0.39, 0.29) is 11.9 Å². The van der Waals surface area contributed by atoms with Crippen LogP contribution in [0.2, 0.25) is 0 Å². The quantitative estimate of drug-likeness (QED) is 0.753. The molecule has 98 valence electrons. The standard InChI is InChI=1S/C14H18O4/c1-16-10-5-6-14(17-2)12(8-10)13(15)9-11-4-3-7-18-11/h5-6,8,11H,3-4,7,9H2,1-2H3. The molecule has 1 saturated heterocycles. The van der Waals surface area contributed by atoms with Crippen molar-refractivity contribution in [1.29, 1.82) is 0 Å². The minimum absolute atomic E-state index is 0.0395. The van der Waals surface area contributed by atoms with Gasteiger partial charge in [-0.15, -0.1) is 0 Å². The van der Waals surface area contributed by atoms with E-state index in [4.69, 9.17) is 14.2 Å². The number of carbonyl (C=O) groups excluding carboxylic acids is 1. The molecule has 1 atom stereocenters. The van der Waals surface area contributed by atoms with E-state index < -0.39 is 0 Å². The molecule has 1 fully saturated rings. The lowest BCUT2D eigenvalue weighted by atomic mass is 10.0. The zero-order valence-corrected chi connectivity index (χ0v) is 10.8. The SMILES string of the molecule is COc1ccc(OC)c(C(=O)CC2CCCO2)c1. The number of rotatable bonds is 5. The molecule has 0 amide bonds. The Balaban J connectivity index is 2.16. The van der Waals surface area contributed by atoms with Crippen molar-refractivity contribution in [3.8, 4) is 11.5 Å². The van der Waals surface area contributed by atoms with Crippen LogP contribution in [0.3, 0.4) is 0 Å². The van der Waals surface area contributed by atoms with Gasteiger partial charge in [-0.2, -0.15) is 0 Å². The first-order valence-corrected chi connectivity index (χ1v) is 6.11. The Kier molecular flexibility index (Phi) is 4.20. The van der Waals surface area contributed by atoms with Crippen LogP contribution < -0.4 is 9.47 Å². The molecule has 1 heterocycles. The van der Waals surface area contributed by atoms with Crippen LogP contribution in [0, 0.1) is 0 Å². The Morgan fingerprint density at radius 1 is 1.39 bits per heavy atom. The van der Waals surface area contributed by atoms with E-state index in [0.717, 1.165) is 19.4 Å². The molecule has 1 unspecified atom stereocenters. The summed E-state index contributed by atoms with van der Waals surface area (Å²) in [7, 11) is 3.14. The minimum atomic E-state index is 0.0395. The van der Waals surface area contributed by atoms with Crippen LogP contribution in [0.15, 0.2) is 18.2 Å².